The summed E-state index contributed by atoms with van der Waals surface area (Å²) in [5.41, 5.74) is 2.46. The highest BCUT2D eigenvalue weighted by Crippen LogP contribution is 2.25. The summed E-state index contributed by atoms with van der Waals surface area (Å²) in [6, 6.07) is 8.07. The van der Waals surface area contributed by atoms with Gasteiger partial charge >= 0.3 is 5.97 Å². The number of methoxy groups -OCH3 is 1. The number of likely N-dealkylation sites (N-methyl/N-ethyl adjacent to an activating group) is 1. The van der Waals surface area contributed by atoms with Crippen LogP contribution in [-0.2, 0) is 14.3 Å². The third-order valence-electron chi connectivity index (χ3n) is 4.51. The molecular formula is C18H21N3O3S. The number of ether oxygens (including phenoxy) is 1. The number of thiocarbonyl (C=S) groups is 1. The summed E-state index contributed by atoms with van der Waals surface area (Å²) in [7, 11) is 2.92. The van der Waals surface area contributed by atoms with Crippen molar-refractivity contribution in [1.29, 1.82) is 0 Å². The third-order valence-corrected chi connectivity index (χ3v) is 5.01. The number of hydrogen-bond donors (Lipinski definition) is 0. The van der Waals surface area contributed by atoms with Gasteiger partial charge in [-0.25, -0.2) is 0 Å². The molecule has 2 aliphatic heterocycles. The third kappa shape index (κ3) is 3.51. The molecule has 0 saturated carbocycles. The number of benzene rings is 1. The molecular weight excluding hydrogens is 338 g/mol. The highest BCUT2D eigenvalue weighted by atomic mass is 32.1. The van der Waals surface area contributed by atoms with Crippen LogP contribution < -0.4 is 4.90 Å². The molecule has 0 atom stereocenters. The minimum absolute atomic E-state index is 0.0802. The van der Waals surface area contributed by atoms with Gasteiger partial charge in [-0.1, -0.05) is 12.1 Å². The Morgan fingerprint density at radius 2 is 1.88 bits per heavy atom. The molecule has 0 radical (unpaired) electrons. The SMILES string of the molecule is COC(=O)CN1C(=S)N(C)C(=O)/C1=C/c1ccc(N2CCCC2)cc1. The fraction of sp³-hybridized carbons (Fsp3) is 0.389. The Hall–Kier alpha value is -2.41. The molecule has 1 aromatic carbocycles. The average Bonchev–Trinajstić information content (AvgIpc) is 3.23. The van der Waals surface area contributed by atoms with Gasteiger partial charge in [0.05, 0.1) is 7.11 Å². The molecule has 3 rings (SSSR count). The largest absolute Gasteiger partial charge is 0.468 e. The minimum Gasteiger partial charge on any atom is -0.468 e. The van der Waals surface area contributed by atoms with Crippen LogP contribution in [-0.4, -0.2) is 60.6 Å². The molecule has 0 spiro atoms. The van der Waals surface area contributed by atoms with Crippen molar-refractivity contribution >= 4 is 41.0 Å². The van der Waals surface area contributed by atoms with Gasteiger partial charge in [0, 0.05) is 25.8 Å². The van der Waals surface area contributed by atoms with E-state index in [1.165, 1.54) is 35.4 Å². The zero-order chi connectivity index (χ0) is 18.0. The normalized spacial score (nSPS) is 19.3. The quantitative estimate of drug-likeness (QED) is 0.465. The molecule has 7 heteroatoms. The molecule has 1 amide bonds. The van der Waals surface area contributed by atoms with Crippen molar-refractivity contribution in [2.24, 2.45) is 0 Å². The Balaban J connectivity index is 1.84. The molecule has 0 aromatic heterocycles. The fourth-order valence-corrected chi connectivity index (χ4v) is 3.30. The molecule has 2 fully saturated rings. The summed E-state index contributed by atoms with van der Waals surface area (Å²) in [6.45, 7) is 2.10. The summed E-state index contributed by atoms with van der Waals surface area (Å²) in [5.74, 6) is -0.668. The number of anilines is 1. The molecule has 0 aliphatic carbocycles. The molecule has 2 aliphatic rings. The topological polar surface area (TPSA) is 53.1 Å². The molecule has 2 saturated heterocycles. The van der Waals surface area contributed by atoms with Crippen molar-refractivity contribution in [3.8, 4) is 0 Å². The van der Waals surface area contributed by atoms with Gasteiger partial charge in [-0.05, 0) is 48.8 Å². The van der Waals surface area contributed by atoms with Crippen LogP contribution in [0.25, 0.3) is 6.08 Å². The number of hydrogen-bond acceptors (Lipinski definition) is 5. The summed E-state index contributed by atoms with van der Waals surface area (Å²) < 4.78 is 4.70. The summed E-state index contributed by atoms with van der Waals surface area (Å²) in [6.07, 6.45) is 4.22. The number of carbonyl (C=O) groups excluding carboxylic acids is 2. The average molecular weight is 359 g/mol. The van der Waals surface area contributed by atoms with Gasteiger partial charge in [0.1, 0.15) is 12.2 Å². The van der Waals surface area contributed by atoms with Crippen LogP contribution in [0.3, 0.4) is 0 Å². The van der Waals surface area contributed by atoms with Crippen LogP contribution in [0.4, 0.5) is 5.69 Å². The van der Waals surface area contributed by atoms with E-state index in [2.05, 4.69) is 17.0 Å². The van der Waals surface area contributed by atoms with Gasteiger partial charge in [0.25, 0.3) is 5.91 Å². The maximum Gasteiger partial charge on any atom is 0.325 e. The monoisotopic (exact) mass is 359 g/mol. The van der Waals surface area contributed by atoms with Gasteiger partial charge in [-0.3, -0.25) is 14.5 Å². The highest BCUT2D eigenvalue weighted by Gasteiger charge is 2.36. The summed E-state index contributed by atoms with van der Waals surface area (Å²) in [4.78, 5) is 29.3. The Bertz CT molecular complexity index is 724. The number of esters is 1. The van der Waals surface area contributed by atoms with Crippen LogP contribution in [0.15, 0.2) is 30.0 Å². The molecule has 0 bridgehead atoms. The van der Waals surface area contributed by atoms with E-state index in [1.54, 1.807) is 13.1 Å². The lowest BCUT2D eigenvalue weighted by atomic mass is 10.1. The van der Waals surface area contributed by atoms with Crippen molar-refractivity contribution in [1.82, 2.24) is 9.80 Å². The van der Waals surface area contributed by atoms with Gasteiger partial charge < -0.3 is 14.5 Å². The molecule has 0 N–H and O–H groups in total. The highest BCUT2D eigenvalue weighted by molar-refractivity contribution is 7.80. The lowest BCUT2D eigenvalue weighted by Gasteiger charge is -2.18. The van der Waals surface area contributed by atoms with Crippen LogP contribution in [0, 0.1) is 0 Å². The second-order valence-electron chi connectivity index (χ2n) is 6.12. The van der Waals surface area contributed by atoms with E-state index in [0.717, 1.165) is 18.7 Å². The molecule has 0 unspecified atom stereocenters. The Labute approximate surface area is 152 Å². The first-order valence-corrected chi connectivity index (χ1v) is 8.65. The van der Waals surface area contributed by atoms with E-state index < -0.39 is 5.97 Å². The first-order valence-electron chi connectivity index (χ1n) is 8.24. The maximum atomic E-state index is 12.4. The standard InChI is InChI=1S/C18H21N3O3S/c1-19-17(23)15(21(18(19)25)12-16(22)24-2)11-13-5-7-14(8-6-13)20-9-3-4-10-20/h5-8,11H,3-4,9-10,12H2,1-2H3/b15-11-. The Morgan fingerprint density at radius 3 is 2.48 bits per heavy atom. The summed E-state index contributed by atoms with van der Waals surface area (Å²) in [5, 5.41) is 0.301. The second kappa shape index (κ2) is 7.23. The Kier molecular flexibility index (Phi) is 5.03. The predicted octanol–water partition coefficient (Wildman–Crippen LogP) is 1.86. The van der Waals surface area contributed by atoms with Crippen molar-refractivity contribution < 1.29 is 14.3 Å². The van der Waals surface area contributed by atoms with Crippen molar-refractivity contribution in [2.45, 2.75) is 12.8 Å². The van der Waals surface area contributed by atoms with Gasteiger partial charge in [-0.15, -0.1) is 0 Å². The van der Waals surface area contributed by atoms with E-state index in [1.807, 2.05) is 12.1 Å². The fourth-order valence-electron chi connectivity index (χ4n) is 3.06. The van der Waals surface area contributed by atoms with Crippen molar-refractivity contribution in [2.75, 3.05) is 38.7 Å². The van der Waals surface area contributed by atoms with E-state index in [4.69, 9.17) is 17.0 Å². The van der Waals surface area contributed by atoms with E-state index in [9.17, 15) is 9.59 Å². The van der Waals surface area contributed by atoms with Crippen LogP contribution in [0.5, 0.6) is 0 Å². The number of rotatable bonds is 4. The molecule has 132 valence electrons. The van der Waals surface area contributed by atoms with Gasteiger partial charge in [-0.2, -0.15) is 0 Å². The molecule has 25 heavy (non-hydrogen) atoms. The van der Waals surface area contributed by atoms with Gasteiger partial charge in [0.2, 0.25) is 0 Å². The smallest absolute Gasteiger partial charge is 0.325 e. The maximum absolute atomic E-state index is 12.4. The predicted molar refractivity (Wildman–Crippen MR) is 100.0 cm³/mol. The van der Waals surface area contributed by atoms with Crippen LogP contribution >= 0.6 is 12.2 Å². The van der Waals surface area contributed by atoms with E-state index >= 15 is 0 Å². The summed E-state index contributed by atoms with van der Waals surface area (Å²) >= 11 is 5.27. The second-order valence-corrected chi connectivity index (χ2v) is 6.49. The van der Waals surface area contributed by atoms with E-state index in [-0.39, 0.29) is 12.5 Å². The zero-order valence-electron chi connectivity index (χ0n) is 14.4. The number of carbonyl (C=O) groups is 2. The Morgan fingerprint density at radius 1 is 1.24 bits per heavy atom. The first-order chi connectivity index (χ1) is 12.0. The number of nitrogens with zero attached hydrogens (tertiary/aromatic N) is 3. The molecule has 1 aromatic rings. The molecule has 6 nitrogen and oxygen atoms in total. The van der Waals surface area contributed by atoms with Gasteiger partial charge in [0.15, 0.2) is 5.11 Å². The van der Waals surface area contributed by atoms with Crippen LogP contribution in [0.2, 0.25) is 0 Å². The minimum atomic E-state index is -0.444. The first kappa shape index (κ1) is 17.4. The van der Waals surface area contributed by atoms with Crippen LogP contribution in [0.1, 0.15) is 18.4 Å². The lowest BCUT2D eigenvalue weighted by Crippen LogP contribution is -2.33. The number of amides is 1. The molecule has 2 heterocycles. The lowest BCUT2D eigenvalue weighted by molar-refractivity contribution is -0.140. The van der Waals surface area contributed by atoms with Crippen molar-refractivity contribution in [3.05, 3.63) is 35.5 Å². The van der Waals surface area contributed by atoms with Crippen molar-refractivity contribution in [3.63, 3.8) is 0 Å². The zero-order valence-corrected chi connectivity index (χ0v) is 15.2. The van der Waals surface area contributed by atoms with E-state index in [0.29, 0.717) is 10.8 Å².